The average Bonchev–Trinajstić information content (AvgIpc) is 2.98. The minimum atomic E-state index is -4.77. The standard InChI is InChI=1S/C17H22BClF3N3O6S2/c1-15(2)16(3,4)31-18(30-15)10-7-8-11(19)12-13(10)24(9-17(20,21)22)23-14(12)25(32(5,26)27)33(6,28)29/h7-8H,9H2,1-6H3. The van der Waals surface area contributed by atoms with Crippen molar-refractivity contribution < 1.29 is 39.3 Å². The summed E-state index contributed by atoms with van der Waals surface area (Å²) in [4.78, 5) is 0. The van der Waals surface area contributed by atoms with Gasteiger partial charge in [0.25, 0.3) is 0 Å². The summed E-state index contributed by atoms with van der Waals surface area (Å²) in [6.45, 7) is 5.33. The van der Waals surface area contributed by atoms with Gasteiger partial charge in [-0.15, -0.1) is 3.71 Å². The summed E-state index contributed by atoms with van der Waals surface area (Å²) in [6.07, 6.45) is -3.59. The van der Waals surface area contributed by atoms with Gasteiger partial charge in [-0.2, -0.15) is 18.3 Å². The molecule has 1 aliphatic rings. The lowest BCUT2D eigenvalue weighted by molar-refractivity contribution is -0.141. The van der Waals surface area contributed by atoms with E-state index >= 15 is 0 Å². The van der Waals surface area contributed by atoms with Crippen molar-refractivity contribution in [1.82, 2.24) is 9.78 Å². The Morgan fingerprint density at radius 3 is 1.97 bits per heavy atom. The van der Waals surface area contributed by atoms with Crippen LogP contribution in [-0.2, 0) is 35.9 Å². The lowest BCUT2D eigenvalue weighted by atomic mass is 9.77. The molecule has 0 spiro atoms. The van der Waals surface area contributed by atoms with Crippen LogP contribution in [0.4, 0.5) is 19.0 Å². The average molecular weight is 532 g/mol. The third-order valence-electron chi connectivity index (χ3n) is 5.47. The zero-order chi connectivity index (χ0) is 25.4. The predicted octanol–water partition coefficient (Wildman–Crippen LogP) is 2.28. The lowest BCUT2D eigenvalue weighted by Crippen LogP contribution is -2.41. The number of fused-ring (bicyclic) bond motifs is 1. The van der Waals surface area contributed by atoms with E-state index in [0.29, 0.717) is 17.2 Å². The van der Waals surface area contributed by atoms with Crippen molar-refractivity contribution in [1.29, 1.82) is 0 Å². The molecule has 16 heteroatoms. The molecule has 3 rings (SSSR count). The van der Waals surface area contributed by atoms with Crippen LogP contribution in [0, 0.1) is 0 Å². The number of hydrogen-bond acceptors (Lipinski definition) is 7. The molecule has 184 valence electrons. The summed E-state index contributed by atoms with van der Waals surface area (Å²) in [6, 6.07) is 2.66. The Morgan fingerprint density at radius 2 is 1.55 bits per heavy atom. The first kappa shape index (κ1) is 26.1. The van der Waals surface area contributed by atoms with Gasteiger partial charge in [0.15, 0.2) is 5.82 Å². The van der Waals surface area contributed by atoms with Crippen LogP contribution in [-0.4, -0.2) is 63.6 Å². The van der Waals surface area contributed by atoms with E-state index in [2.05, 4.69) is 5.10 Å². The highest BCUT2D eigenvalue weighted by Gasteiger charge is 2.53. The number of alkyl halides is 3. The van der Waals surface area contributed by atoms with Gasteiger partial charge in [0.1, 0.15) is 6.54 Å². The highest BCUT2D eigenvalue weighted by atomic mass is 35.5. The minimum Gasteiger partial charge on any atom is -0.399 e. The van der Waals surface area contributed by atoms with Crippen LogP contribution in [0.3, 0.4) is 0 Å². The van der Waals surface area contributed by atoms with Gasteiger partial charge in [-0.25, -0.2) is 16.8 Å². The molecule has 1 saturated heterocycles. The van der Waals surface area contributed by atoms with Crippen molar-refractivity contribution in [2.24, 2.45) is 0 Å². The van der Waals surface area contributed by atoms with Crippen molar-refractivity contribution in [2.75, 3.05) is 16.2 Å². The molecule has 1 aromatic carbocycles. The maximum Gasteiger partial charge on any atom is 0.497 e. The van der Waals surface area contributed by atoms with E-state index in [1.165, 1.54) is 12.1 Å². The van der Waals surface area contributed by atoms with Crippen molar-refractivity contribution in [3.63, 3.8) is 0 Å². The second kappa shape index (κ2) is 7.73. The van der Waals surface area contributed by atoms with E-state index < -0.39 is 56.9 Å². The number of sulfonamides is 2. The van der Waals surface area contributed by atoms with Crippen LogP contribution in [0.5, 0.6) is 0 Å². The maximum atomic E-state index is 13.4. The Kier molecular flexibility index (Phi) is 6.11. The molecule has 0 atom stereocenters. The van der Waals surface area contributed by atoms with E-state index in [0.717, 1.165) is 0 Å². The molecule has 0 radical (unpaired) electrons. The molecular weight excluding hydrogens is 510 g/mol. The summed E-state index contributed by atoms with van der Waals surface area (Å²) >= 11 is 6.25. The number of nitrogens with zero attached hydrogens (tertiary/aromatic N) is 3. The first-order valence-electron chi connectivity index (χ1n) is 9.47. The maximum absolute atomic E-state index is 13.4. The fraction of sp³-hybridized carbons (Fsp3) is 0.588. The summed E-state index contributed by atoms with van der Waals surface area (Å²) in [5.74, 6) is -0.775. The topological polar surface area (TPSA) is 108 Å². The number of benzene rings is 1. The fourth-order valence-corrected chi connectivity index (χ4v) is 6.51. The third kappa shape index (κ3) is 4.83. The summed E-state index contributed by atoms with van der Waals surface area (Å²) in [5.41, 5.74) is -1.86. The Morgan fingerprint density at radius 1 is 1.06 bits per heavy atom. The van der Waals surface area contributed by atoms with Crippen LogP contribution < -0.4 is 9.17 Å². The molecule has 9 nitrogen and oxygen atoms in total. The van der Waals surface area contributed by atoms with Gasteiger partial charge in [0.05, 0.1) is 39.6 Å². The quantitative estimate of drug-likeness (QED) is 0.545. The van der Waals surface area contributed by atoms with Gasteiger partial charge < -0.3 is 9.31 Å². The first-order valence-corrected chi connectivity index (χ1v) is 13.5. The van der Waals surface area contributed by atoms with Crippen LogP contribution >= 0.6 is 11.6 Å². The number of hydrogen-bond donors (Lipinski definition) is 0. The molecule has 0 saturated carbocycles. The molecule has 1 aromatic heterocycles. The molecule has 0 N–H and O–H groups in total. The van der Waals surface area contributed by atoms with E-state index in [9.17, 15) is 30.0 Å². The predicted molar refractivity (Wildman–Crippen MR) is 119 cm³/mol. The van der Waals surface area contributed by atoms with Crippen molar-refractivity contribution in [2.45, 2.75) is 51.6 Å². The van der Waals surface area contributed by atoms with Gasteiger partial charge >= 0.3 is 13.3 Å². The van der Waals surface area contributed by atoms with E-state index in [1.54, 1.807) is 27.7 Å². The first-order chi connectivity index (χ1) is 14.7. The molecule has 0 unspecified atom stereocenters. The highest BCUT2D eigenvalue weighted by molar-refractivity contribution is 8.09. The monoisotopic (exact) mass is 531 g/mol. The zero-order valence-corrected chi connectivity index (χ0v) is 20.9. The van der Waals surface area contributed by atoms with Gasteiger partial charge in [-0.3, -0.25) is 4.68 Å². The SMILES string of the molecule is CC1(C)OB(c2ccc(Cl)c3c(N(S(C)(=O)=O)S(C)(=O)=O)nn(CC(F)(F)F)c23)OC1(C)C. The largest absolute Gasteiger partial charge is 0.497 e. The molecule has 33 heavy (non-hydrogen) atoms. The van der Waals surface area contributed by atoms with E-state index in [1.807, 2.05) is 0 Å². The highest BCUT2D eigenvalue weighted by Crippen LogP contribution is 2.39. The number of aromatic nitrogens is 2. The summed E-state index contributed by atoms with van der Waals surface area (Å²) in [5, 5.41) is 3.24. The second-order valence-corrected chi connectivity index (χ2v) is 13.1. The minimum absolute atomic E-state index is 0.0465. The molecule has 0 aliphatic carbocycles. The third-order valence-corrected chi connectivity index (χ3v) is 8.96. The number of rotatable bonds is 5. The summed E-state index contributed by atoms with van der Waals surface area (Å²) < 4.78 is 102. The van der Waals surface area contributed by atoms with Gasteiger partial charge in [0.2, 0.25) is 20.0 Å². The molecule has 1 aliphatic heterocycles. The normalized spacial score (nSPS) is 18.8. The lowest BCUT2D eigenvalue weighted by Gasteiger charge is -2.32. The van der Waals surface area contributed by atoms with Crippen molar-refractivity contribution >= 4 is 60.9 Å². The molecule has 0 amide bonds. The van der Waals surface area contributed by atoms with Crippen molar-refractivity contribution in [3.05, 3.63) is 17.2 Å². The number of halogens is 4. The Hall–Kier alpha value is -1.55. The zero-order valence-electron chi connectivity index (χ0n) is 18.6. The molecular formula is C17H22BClF3N3O6S2. The van der Waals surface area contributed by atoms with Gasteiger partial charge in [-0.05, 0) is 33.8 Å². The van der Waals surface area contributed by atoms with E-state index in [4.69, 9.17) is 20.9 Å². The summed E-state index contributed by atoms with van der Waals surface area (Å²) in [7, 11) is -10.2. The molecule has 2 heterocycles. The molecule has 1 fully saturated rings. The smallest absolute Gasteiger partial charge is 0.399 e. The number of anilines is 1. The van der Waals surface area contributed by atoms with Crippen LogP contribution in [0.25, 0.3) is 10.9 Å². The Balaban J connectivity index is 2.41. The Bertz CT molecular complexity index is 1280. The Labute approximate surface area is 195 Å². The van der Waals surface area contributed by atoms with Crippen LogP contribution in [0.15, 0.2) is 12.1 Å². The second-order valence-electron chi connectivity index (χ2n) is 8.77. The molecule has 0 bridgehead atoms. The van der Waals surface area contributed by atoms with Gasteiger partial charge in [-0.1, -0.05) is 17.7 Å². The van der Waals surface area contributed by atoms with Crippen LogP contribution in [0.1, 0.15) is 27.7 Å². The fourth-order valence-electron chi connectivity index (χ4n) is 3.42. The van der Waals surface area contributed by atoms with Crippen LogP contribution in [0.2, 0.25) is 5.02 Å². The van der Waals surface area contributed by atoms with Gasteiger partial charge in [0, 0.05) is 5.46 Å². The van der Waals surface area contributed by atoms with E-state index in [-0.39, 0.29) is 25.1 Å². The van der Waals surface area contributed by atoms with Crippen molar-refractivity contribution in [3.8, 4) is 0 Å². The molecule has 2 aromatic rings.